The number of hydrogen-bond donors (Lipinski definition) is 1. The highest BCUT2D eigenvalue weighted by Crippen LogP contribution is 2.44. The normalized spacial score (nSPS) is 27.6. The molecule has 0 aliphatic heterocycles. The van der Waals surface area contributed by atoms with E-state index in [0.717, 1.165) is 25.7 Å². The van der Waals surface area contributed by atoms with Crippen molar-refractivity contribution < 1.29 is 13.5 Å². The molecule has 1 aromatic carbocycles. The molecule has 0 heterocycles. The summed E-state index contributed by atoms with van der Waals surface area (Å²) < 4.78 is 34.6. The summed E-state index contributed by atoms with van der Waals surface area (Å²) in [6.07, 6.45) is 3.65. The van der Waals surface area contributed by atoms with Gasteiger partial charge in [-0.15, -0.1) is 0 Å². The molecule has 1 aliphatic carbocycles. The Morgan fingerprint density at radius 3 is 2.43 bits per heavy atom. The molecule has 1 N–H and O–H groups in total. The molecule has 4 heteroatoms. The fourth-order valence-corrected chi connectivity index (χ4v) is 3.47. The third-order valence-corrected chi connectivity index (χ3v) is 4.95. The van der Waals surface area contributed by atoms with Crippen molar-refractivity contribution in [2.75, 3.05) is 14.2 Å². The number of benzene rings is 1. The van der Waals surface area contributed by atoms with Crippen LogP contribution in [0, 0.1) is 24.5 Å². The zero-order chi connectivity index (χ0) is 15.6. The maximum absolute atomic E-state index is 14.5. The minimum Gasteiger partial charge on any atom is -0.376 e. The summed E-state index contributed by atoms with van der Waals surface area (Å²) in [5.74, 6) is -0.338. The van der Waals surface area contributed by atoms with Crippen LogP contribution in [0.4, 0.5) is 8.78 Å². The third kappa shape index (κ3) is 2.97. The molecule has 0 saturated heterocycles. The molecule has 0 bridgehead atoms. The average Bonchev–Trinajstić information content (AvgIpc) is 2.49. The molecule has 1 atom stereocenters. The Morgan fingerprint density at radius 1 is 1.29 bits per heavy atom. The molecule has 2 rings (SSSR count). The lowest BCUT2D eigenvalue weighted by molar-refractivity contribution is -0.0759. The highest BCUT2D eigenvalue weighted by Gasteiger charge is 2.43. The van der Waals surface area contributed by atoms with Crippen molar-refractivity contribution in [2.24, 2.45) is 5.92 Å². The Bertz CT molecular complexity index is 496. The quantitative estimate of drug-likeness (QED) is 0.902. The number of halogens is 2. The molecule has 118 valence electrons. The van der Waals surface area contributed by atoms with E-state index < -0.39 is 23.3 Å². The highest BCUT2D eigenvalue weighted by atomic mass is 19.1. The fourth-order valence-electron chi connectivity index (χ4n) is 3.47. The first kappa shape index (κ1) is 16.4. The van der Waals surface area contributed by atoms with Gasteiger partial charge >= 0.3 is 0 Å². The molecule has 1 aliphatic rings. The van der Waals surface area contributed by atoms with Crippen molar-refractivity contribution in [1.82, 2.24) is 5.32 Å². The molecule has 0 spiro atoms. The predicted molar refractivity (Wildman–Crippen MR) is 80.3 cm³/mol. The van der Waals surface area contributed by atoms with Gasteiger partial charge in [0.1, 0.15) is 11.6 Å². The van der Waals surface area contributed by atoms with Crippen LogP contribution in [0.3, 0.4) is 0 Å². The van der Waals surface area contributed by atoms with Gasteiger partial charge in [0, 0.05) is 12.7 Å². The number of aryl methyl sites for hydroxylation is 1. The number of rotatable bonds is 4. The van der Waals surface area contributed by atoms with Gasteiger partial charge in [-0.25, -0.2) is 8.78 Å². The summed E-state index contributed by atoms with van der Waals surface area (Å²) in [7, 11) is 3.39. The topological polar surface area (TPSA) is 21.3 Å². The van der Waals surface area contributed by atoms with E-state index >= 15 is 0 Å². The van der Waals surface area contributed by atoms with Gasteiger partial charge in [0.05, 0.1) is 11.6 Å². The Hall–Kier alpha value is -1.00. The van der Waals surface area contributed by atoms with Gasteiger partial charge in [0.2, 0.25) is 0 Å². The molecule has 2 nitrogen and oxygen atoms in total. The number of methoxy groups -OCH3 is 1. The lowest BCUT2D eigenvalue weighted by Gasteiger charge is -2.44. The second kappa shape index (κ2) is 6.41. The van der Waals surface area contributed by atoms with Gasteiger partial charge in [-0.2, -0.15) is 0 Å². The van der Waals surface area contributed by atoms with E-state index in [1.165, 1.54) is 12.1 Å². The number of ether oxygens (including phenoxy) is 1. The molecular formula is C17H25F2NO. The van der Waals surface area contributed by atoms with Crippen molar-refractivity contribution in [3.05, 3.63) is 34.9 Å². The summed E-state index contributed by atoms with van der Waals surface area (Å²) in [6, 6.07) is 2.34. The fraction of sp³-hybridized carbons (Fsp3) is 0.647. The van der Waals surface area contributed by atoms with Crippen LogP contribution in [-0.2, 0) is 4.74 Å². The standard InChI is InChI=1S/C17H25F2NO/c1-11-7-9-17(21-4,10-8-11)16(20-3)14-13(18)6-5-12(2)15(14)19/h5-6,11,16,20H,7-10H2,1-4H3. The first-order chi connectivity index (χ1) is 9.95. The monoisotopic (exact) mass is 297 g/mol. The largest absolute Gasteiger partial charge is 0.376 e. The van der Waals surface area contributed by atoms with E-state index in [0.29, 0.717) is 11.5 Å². The first-order valence-corrected chi connectivity index (χ1v) is 7.62. The molecule has 21 heavy (non-hydrogen) atoms. The Labute approximate surface area is 125 Å². The number of hydrogen-bond acceptors (Lipinski definition) is 2. The van der Waals surface area contributed by atoms with Gasteiger partial charge < -0.3 is 10.1 Å². The molecule has 1 unspecified atom stereocenters. The maximum atomic E-state index is 14.5. The number of nitrogens with one attached hydrogen (secondary N) is 1. The lowest BCUT2D eigenvalue weighted by atomic mass is 9.73. The van der Waals surface area contributed by atoms with Crippen LogP contribution in [-0.4, -0.2) is 19.8 Å². The number of likely N-dealkylation sites (N-methyl/N-ethyl adjacent to an activating group) is 1. The van der Waals surface area contributed by atoms with Crippen LogP contribution in [0.2, 0.25) is 0 Å². The molecule has 1 aromatic rings. The molecule has 0 radical (unpaired) electrons. The minimum atomic E-state index is -0.545. The van der Waals surface area contributed by atoms with Gasteiger partial charge in [-0.1, -0.05) is 13.0 Å². The summed E-state index contributed by atoms with van der Waals surface area (Å²) >= 11 is 0. The molecular weight excluding hydrogens is 272 g/mol. The van der Waals surface area contributed by atoms with Crippen LogP contribution in [0.5, 0.6) is 0 Å². The smallest absolute Gasteiger partial charge is 0.133 e. The van der Waals surface area contributed by atoms with Gasteiger partial charge in [0.25, 0.3) is 0 Å². The molecule has 0 aromatic heterocycles. The van der Waals surface area contributed by atoms with Crippen LogP contribution >= 0.6 is 0 Å². The van der Waals surface area contributed by atoms with Crippen molar-refractivity contribution >= 4 is 0 Å². The van der Waals surface area contributed by atoms with Gasteiger partial charge in [-0.3, -0.25) is 0 Å². The maximum Gasteiger partial charge on any atom is 0.133 e. The second-order valence-electron chi connectivity index (χ2n) is 6.27. The predicted octanol–water partition coefficient (Wildman–Crippen LogP) is 4.13. The van der Waals surface area contributed by atoms with Crippen molar-refractivity contribution in [2.45, 2.75) is 51.2 Å². The van der Waals surface area contributed by atoms with E-state index in [2.05, 4.69) is 12.2 Å². The van der Waals surface area contributed by atoms with E-state index in [-0.39, 0.29) is 5.56 Å². The summed E-state index contributed by atoms with van der Waals surface area (Å²) in [4.78, 5) is 0. The third-order valence-electron chi connectivity index (χ3n) is 4.95. The summed E-state index contributed by atoms with van der Waals surface area (Å²) in [5, 5.41) is 3.10. The van der Waals surface area contributed by atoms with Crippen molar-refractivity contribution in [3.8, 4) is 0 Å². The first-order valence-electron chi connectivity index (χ1n) is 7.62. The minimum absolute atomic E-state index is 0.105. The van der Waals surface area contributed by atoms with Crippen molar-refractivity contribution in [3.63, 3.8) is 0 Å². The molecule has 0 amide bonds. The highest BCUT2D eigenvalue weighted by molar-refractivity contribution is 5.31. The van der Waals surface area contributed by atoms with E-state index in [9.17, 15) is 8.78 Å². The van der Waals surface area contributed by atoms with E-state index in [1.54, 1.807) is 21.1 Å². The van der Waals surface area contributed by atoms with Crippen LogP contribution in [0.15, 0.2) is 12.1 Å². The second-order valence-corrected chi connectivity index (χ2v) is 6.27. The Morgan fingerprint density at radius 2 is 1.90 bits per heavy atom. The van der Waals surface area contributed by atoms with E-state index in [1.807, 2.05) is 0 Å². The van der Waals surface area contributed by atoms with Crippen molar-refractivity contribution in [1.29, 1.82) is 0 Å². The Kier molecular flexibility index (Phi) is 4.99. The van der Waals surface area contributed by atoms with E-state index in [4.69, 9.17) is 4.74 Å². The van der Waals surface area contributed by atoms with Crippen LogP contribution < -0.4 is 5.32 Å². The van der Waals surface area contributed by atoms with Crippen LogP contribution in [0.25, 0.3) is 0 Å². The zero-order valence-corrected chi connectivity index (χ0v) is 13.3. The summed E-state index contributed by atoms with van der Waals surface area (Å²) in [5.41, 5.74) is 0.0208. The SMILES string of the molecule is CNC(c1c(F)ccc(C)c1F)C1(OC)CCC(C)CC1. The lowest BCUT2D eigenvalue weighted by Crippen LogP contribution is -2.47. The average molecular weight is 297 g/mol. The molecule has 1 saturated carbocycles. The van der Waals surface area contributed by atoms with Gasteiger partial charge in [-0.05, 0) is 57.2 Å². The van der Waals surface area contributed by atoms with Gasteiger partial charge in [0.15, 0.2) is 0 Å². The zero-order valence-electron chi connectivity index (χ0n) is 13.3. The van der Waals surface area contributed by atoms with Crippen LogP contribution in [0.1, 0.15) is 49.8 Å². The Balaban J connectivity index is 2.45. The molecule has 1 fully saturated rings. The summed E-state index contributed by atoms with van der Waals surface area (Å²) in [6.45, 7) is 3.87.